The van der Waals surface area contributed by atoms with E-state index < -0.39 is 15.5 Å². The molecule has 0 spiro atoms. The lowest BCUT2D eigenvalue weighted by molar-refractivity contribution is 0.132. The summed E-state index contributed by atoms with van der Waals surface area (Å²) >= 11 is 1.94. The van der Waals surface area contributed by atoms with E-state index >= 15 is 0 Å². The topological polar surface area (TPSA) is 106 Å². The first-order valence-electron chi connectivity index (χ1n) is 8.62. The van der Waals surface area contributed by atoms with Crippen molar-refractivity contribution in [2.24, 2.45) is 27.7 Å². The van der Waals surface area contributed by atoms with Crippen LogP contribution in [0.15, 0.2) is 0 Å². The monoisotopic (exact) mass is 380 g/mol. The minimum absolute atomic E-state index is 0.143. The highest BCUT2D eigenvalue weighted by Crippen LogP contribution is 2.53. The Balaban J connectivity index is 0.000000254. The molecule has 2 saturated carbocycles. The van der Waals surface area contributed by atoms with E-state index in [1.54, 1.807) is 0 Å². The van der Waals surface area contributed by atoms with Gasteiger partial charge < -0.3 is 11.5 Å². The first-order chi connectivity index (χ1) is 10.7. The predicted octanol–water partition coefficient (Wildman–Crippen LogP) is 2.90. The molecule has 2 fully saturated rings. The molecule has 0 heterocycles. The number of thioether (sulfide) groups is 1. The number of hydrogen-bond acceptors (Lipinski definition) is 5. The average Bonchev–Trinajstić information content (AvgIpc) is 2.70. The fourth-order valence-corrected chi connectivity index (χ4v) is 6.98. The van der Waals surface area contributed by atoms with Gasteiger partial charge in [0.05, 0.1) is 5.75 Å². The van der Waals surface area contributed by atoms with E-state index in [9.17, 15) is 8.42 Å². The fraction of sp³-hybridized carbons (Fsp3) is 1.00. The van der Waals surface area contributed by atoms with Crippen LogP contribution in [0.4, 0.5) is 0 Å². The third-order valence-electron chi connectivity index (χ3n) is 5.51. The zero-order valence-corrected chi connectivity index (χ0v) is 17.5. The van der Waals surface area contributed by atoms with Crippen molar-refractivity contribution >= 4 is 21.9 Å². The normalized spacial score (nSPS) is 30.2. The Kier molecular flexibility index (Phi) is 6.88. The molecule has 0 bridgehead atoms. The standard InChI is InChI=1S/C9H19NO3S.C8H17NS/c1-8(2)3-4-9(5-8,6-10)7-14(11,12)13;1-7(2)4-8(5-7,6-9)10-3/h3-7,10H2,1-2H3,(H,11,12,13);4-6,9H2,1-3H3/t9-;/m0./s1. The molecule has 2 aliphatic carbocycles. The van der Waals surface area contributed by atoms with Crippen LogP contribution < -0.4 is 11.5 Å². The third kappa shape index (κ3) is 6.16. The quantitative estimate of drug-likeness (QED) is 0.633. The SMILES string of the molecule is CC1(C)CC[C@](CN)(CS(=O)(=O)O)C1.CSC1(CN)CC(C)(C)C1. The molecule has 0 aromatic carbocycles. The van der Waals surface area contributed by atoms with Gasteiger partial charge in [-0.05, 0) is 61.1 Å². The van der Waals surface area contributed by atoms with E-state index in [4.69, 9.17) is 16.0 Å². The molecule has 0 radical (unpaired) electrons. The smallest absolute Gasteiger partial charge is 0.265 e. The van der Waals surface area contributed by atoms with Crippen molar-refractivity contribution in [1.82, 2.24) is 0 Å². The highest BCUT2D eigenvalue weighted by molar-refractivity contribution is 8.00. The molecule has 144 valence electrons. The Labute approximate surface area is 152 Å². The molecule has 2 aliphatic rings. The molecule has 5 N–H and O–H groups in total. The van der Waals surface area contributed by atoms with Crippen molar-refractivity contribution < 1.29 is 13.0 Å². The van der Waals surface area contributed by atoms with Crippen LogP contribution in [0.25, 0.3) is 0 Å². The van der Waals surface area contributed by atoms with E-state index in [0.717, 1.165) is 25.8 Å². The van der Waals surface area contributed by atoms with Crippen LogP contribution >= 0.6 is 11.8 Å². The van der Waals surface area contributed by atoms with Gasteiger partial charge in [-0.15, -0.1) is 0 Å². The zero-order valence-electron chi connectivity index (χ0n) is 15.9. The maximum atomic E-state index is 10.9. The van der Waals surface area contributed by atoms with Crippen LogP contribution in [-0.4, -0.2) is 42.8 Å². The molecule has 0 amide bonds. The van der Waals surface area contributed by atoms with Crippen molar-refractivity contribution in [1.29, 1.82) is 0 Å². The van der Waals surface area contributed by atoms with E-state index in [2.05, 4.69) is 34.0 Å². The molecule has 0 saturated heterocycles. The van der Waals surface area contributed by atoms with Crippen LogP contribution in [0, 0.1) is 16.2 Å². The summed E-state index contributed by atoms with van der Waals surface area (Å²) in [6, 6.07) is 0. The second-order valence-corrected chi connectivity index (χ2v) is 12.1. The Hall–Kier alpha value is 0.180. The minimum atomic E-state index is -3.91. The van der Waals surface area contributed by atoms with Crippen molar-refractivity contribution in [3.05, 3.63) is 0 Å². The highest BCUT2D eigenvalue weighted by Gasteiger charge is 2.47. The lowest BCUT2D eigenvalue weighted by atomic mass is 9.64. The molecular weight excluding hydrogens is 344 g/mol. The molecule has 0 aromatic heterocycles. The fourth-order valence-electron chi connectivity index (χ4n) is 4.60. The van der Waals surface area contributed by atoms with Gasteiger partial charge >= 0.3 is 0 Å². The van der Waals surface area contributed by atoms with Gasteiger partial charge in [0, 0.05) is 11.3 Å². The van der Waals surface area contributed by atoms with E-state index in [1.165, 1.54) is 12.8 Å². The number of rotatable bonds is 5. The van der Waals surface area contributed by atoms with E-state index in [0.29, 0.717) is 16.7 Å². The zero-order chi connectivity index (χ0) is 18.9. The second-order valence-electron chi connectivity index (χ2n) is 9.38. The van der Waals surface area contributed by atoms with Crippen LogP contribution in [0.5, 0.6) is 0 Å². The summed E-state index contributed by atoms with van der Waals surface area (Å²) in [5.74, 6) is -0.195. The van der Waals surface area contributed by atoms with Crippen molar-refractivity contribution in [3.8, 4) is 0 Å². The summed E-state index contributed by atoms with van der Waals surface area (Å²) in [7, 11) is -3.91. The Morgan fingerprint density at radius 3 is 1.71 bits per heavy atom. The largest absolute Gasteiger partial charge is 0.330 e. The lowest BCUT2D eigenvalue weighted by Gasteiger charge is -2.52. The molecule has 0 unspecified atom stereocenters. The Morgan fingerprint density at radius 2 is 1.50 bits per heavy atom. The second kappa shape index (κ2) is 7.43. The van der Waals surface area contributed by atoms with Gasteiger partial charge in [0.2, 0.25) is 0 Å². The summed E-state index contributed by atoms with van der Waals surface area (Å²) in [5, 5.41) is 0. The predicted molar refractivity (Wildman–Crippen MR) is 104 cm³/mol. The van der Waals surface area contributed by atoms with Crippen molar-refractivity contribution in [2.45, 2.75) is 64.5 Å². The molecule has 1 atom stereocenters. The maximum absolute atomic E-state index is 10.9. The van der Waals surface area contributed by atoms with Crippen molar-refractivity contribution in [2.75, 3.05) is 25.1 Å². The summed E-state index contributed by atoms with van der Waals surface area (Å²) < 4.78 is 31.0. The van der Waals surface area contributed by atoms with Crippen LogP contribution in [0.3, 0.4) is 0 Å². The number of nitrogens with two attached hydrogens (primary N) is 2. The summed E-state index contributed by atoms with van der Waals surface area (Å²) in [5.41, 5.74) is 11.6. The average molecular weight is 381 g/mol. The third-order valence-corrected chi connectivity index (χ3v) is 7.81. The van der Waals surface area contributed by atoms with Gasteiger partial charge in [-0.2, -0.15) is 20.2 Å². The van der Waals surface area contributed by atoms with E-state index in [-0.39, 0.29) is 11.2 Å². The van der Waals surface area contributed by atoms with Gasteiger partial charge in [0.15, 0.2) is 0 Å². The molecule has 5 nitrogen and oxygen atoms in total. The van der Waals surface area contributed by atoms with Crippen LogP contribution in [0.2, 0.25) is 0 Å². The summed E-state index contributed by atoms with van der Waals surface area (Å²) in [4.78, 5) is 0. The van der Waals surface area contributed by atoms with E-state index in [1.807, 2.05) is 11.8 Å². The van der Waals surface area contributed by atoms with Crippen molar-refractivity contribution in [3.63, 3.8) is 0 Å². The first-order valence-corrected chi connectivity index (χ1v) is 11.5. The van der Waals surface area contributed by atoms with Gasteiger partial charge in [-0.1, -0.05) is 27.7 Å². The van der Waals surface area contributed by atoms with Gasteiger partial charge in [-0.25, -0.2) is 0 Å². The van der Waals surface area contributed by atoms with Crippen LogP contribution in [0.1, 0.15) is 59.8 Å². The molecule has 0 aromatic rings. The molecule has 0 aliphatic heterocycles. The van der Waals surface area contributed by atoms with Gasteiger partial charge in [0.25, 0.3) is 10.1 Å². The van der Waals surface area contributed by atoms with Gasteiger partial charge in [-0.3, -0.25) is 4.55 Å². The summed E-state index contributed by atoms with van der Waals surface area (Å²) in [6.07, 6.45) is 7.28. The molecule has 7 heteroatoms. The first kappa shape index (κ1) is 22.2. The summed E-state index contributed by atoms with van der Waals surface area (Å²) in [6.45, 7) is 10.0. The minimum Gasteiger partial charge on any atom is -0.330 e. The molecule has 2 rings (SSSR count). The maximum Gasteiger partial charge on any atom is 0.265 e. The highest BCUT2D eigenvalue weighted by atomic mass is 32.2. The Morgan fingerprint density at radius 1 is 0.958 bits per heavy atom. The number of hydrogen-bond donors (Lipinski definition) is 3. The molecule has 24 heavy (non-hydrogen) atoms. The lowest BCUT2D eigenvalue weighted by Crippen LogP contribution is -2.51. The van der Waals surface area contributed by atoms with Gasteiger partial charge in [0.1, 0.15) is 0 Å². The molecular formula is C17H36N2O3S2. The van der Waals surface area contributed by atoms with Crippen LogP contribution in [-0.2, 0) is 10.1 Å². The Bertz CT molecular complexity index is 518.